The van der Waals surface area contributed by atoms with Crippen LogP contribution in [-0.4, -0.2) is 56.3 Å². The van der Waals surface area contributed by atoms with E-state index < -0.39 is 25.8 Å². The molecule has 5 rings (SSSR count). The summed E-state index contributed by atoms with van der Waals surface area (Å²) in [4.78, 5) is 0. The van der Waals surface area contributed by atoms with E-state index in [1.807, 2.05) is 39.0 Å². The summed E-state index contributed by atoms with van der Waals surface area (Å²) < 4.78 is 32.7. The lowest BCUT2D eigenvalue weighted by atomic mass is 9.79. The fraction of sp³-hybridized carbons (Fsp3) is 0.583. The van der Waals surface area contributed by atoms with E-state index in [-0.39, 0.29) is 35.2 Å². The van der Waals surface area contributed by atoms with Crippen molar-refractivity contribution in [2.24, 2.45) is 17.8 Å². The summed E-state index contributed by atoms with van der Waals surface area (Å²) in [5, 5.41) is 14.4. The molecule has 0 unspecified atom stereocenters. The second-order valence-electron chi connectivity index (χ2n) is 18.2. The number of aliphatic hydroxyl groups is 1. The highest BCUT2D eigenvalue weighted by Gasteiger charge is 2.53. The smallest absolute Gasteiger partial charge is 0.261 e. The van der Waals surface area contributed by atoms with Crippen LogP contribution in [0.4, 0.5) is 0 Å². The zero-order valence-electron chi connectivity index (χ0n) is 35.4. The summed E-state index contributed by atoms with van der Waals surface area (Å²) in [7, 11) is -1.04. The lowest BCUT2D eigenvalue weighted by molar-refractivity contribution is -0.163. The molecule has 55 heavy (non-hydrogen) atoms. The van der Waals surface area contributed by atoms with Gasteiger partial charge in [0.1, 0.15) is 17.5 Å². The first kappa shape index (κ1) is 43.3. The molecule has 1 N–H and O–H groups in total. The van der Waals surface area contributed by atoms with Crippen molar-refractivity contribution >= 4 is 18.7 Å². The predicted molar refractivity (Wildman–Crippen MR) is 227 cm³/mol. The third-order valence-electron chi connectivity index (χ3n) is 12.2. The number of methoxy groups -OCH3 is 1. The van der Waals surface area contributed by atoms with Gasteiger partial charge in [-0.2, -0.15) is 0 Å². The topological polar surface area (TPSA) is 66.4 Å². The van der Waals surface area contributed by atoms with Crippen LogP contribution < -0.4 is 15.1 Å². The first-order valence-electron chi connectivity index (χ1n) is 20.9. The summed E-state index contributed by atoms with van der Waals surface area (Å²) in [5.41, 5.74) is -0.0592. The van der Waals surface area contributed by atoms with Crippen LogP contribution in [0.15, 0.2) is 97.1 Å². The van der Waals surface area contributed by atoms with Gasteiger partial charge in [-0.05, 0) is 104 Å². The normalized spacial score (nSPS) is 22.9. The van der Waals surface area contributed by atoms with E-state index in [1.165, 1.54) is 29.6 Å². The Morgan fingerprint density at radius 3 is 1.95 bits per heavy atom. The highest BCUT2D eigenvalue weighted by Crippen LogP contribution is 2.43. The van der Waals surface area contributed by atoms with Gasteiger partial charge in [0.05, 0.1) is 25.9 Å². The van der Waals surface area contributed by atoms with E-state index in [2.05, 4.69) is 120 Å². The summed E-state index contributed by atoms with van der Waals surface area (Å²) in [5.74, 6) is 0.907. The molecule has 3 aromatic carbocycles. The van der Waals surface area contributed by atoms with E-state index in [0.29, 0.717) is 12.5 Å². The molecule has 1 aliphatic heterocycles. The van der Waals surface area contributed by atoms with Crippen molar-refractivity contribution in [2.75, 3.05) is 7.11 Å². The molecule has 302 valence electrons. The molecule has 0 amide bonds. The second-order valence-corrected chi connectivity index (χ2v) is 22.4. The zero-order valence-corrected chi connectivity index (χ0v) is 36.4. The third kappa shape index (κ3) is 10.8. The number of ether oxygens (including phenoxy) is 4. The molecule has 3 aromatic rings. The Hall–Kier alpha value is -2.78. The minimum Gasteiger partial charge on any atom is -0.497 e. The van der Waals surface area contributed by atoms with Crippen molar-refractivity contribution in [3.05, 3.63) is 103 Å². The Bertz CT molecular complexity index is 1570. The molecule has 7 atom stereocenters. The van der Waals surface area contributed by atoms with Crippen LogP contribution in [0.2, 0.25) is 5.04 Å². The molecule has 1 heterocycles. The lowest BCUT2D eigenvalue weighted by Crippen LogP contribution is -2.68. The molecular formula is C48H70O6Si. The van der Waals surface area contributed by atoms with Crippen LogP contribution in [-0.2, 0) is 25.2 Å². The van der Waals surface area contributed by atoms with Crippen molar-refractivity contribution in [3.63, 3.8) is 0 Å². The molecule has 1 saturated carbocycles. The maximum Gasteiger partial charge on any atom is 0.261 e. The number of rotatable bonds is 17. The minimum absolute atomic E-state index is 0.0264. The molecule has 1 saturated heterocycles. The van der Waals surface area contributed by atoms with Gasteiger partial charge in [0.2, 0.25) is 0 Å². The van der Waals surface area contributed by atoms with Crippen molar-refractivity contribution in [2.45, 2.75) is 155 Å². The van der Waals surface area contributed by atoms with Gasteiger partial charge in [-0.25, -0.2) is 0 Å². The van der Waals surface area contributed by atoms with Gasteiger partial charge in [0, 0.05) is 6.10 Å². The average molecular weight is 771 g/mol. The van der Waals surface area contributed by atoms with Crippen molar-refractivity contribution < 1.29 is 28.5 Å². The Kier molecular flexibility index (Phi) is 14.7. The van der Waals surface area contributed by atoms with E-state index >= 15 is 0 Å². The SMILES string of the molecule is COc1ccc(CO[C@H](C[C@H](C)[C@H](C)O[Si](c2ccccc2)(c2ccccc2)C(C)(C)C)[C@@H](C)C/C=C/[C@@](C)(O)[C@H]2OC(C)(C)O[C@@H]2C2CCCCC2)cc1. The fourth-order valence-corrected chi connectivity index (χ4v) is 13.7. The lowest BCUT2D eigenvalue weighted by Gasteiger charge is -2.46. The Labute approximate surface area is 334 Å². The Morgan fingerprint density at radius 2 is 1.40 bits per heavy atom. The highest BCUT2D eigenvalue weighted by molar-refractivity contribution is 6.99. The zero-order chi connectivity index (χ0) is 39.9. The molecule has 7 heteroatoms. The summed E-state index contributed by atoms with van der Waals surface area (Å²) in [6.45, 7) is 20.1. The van der Waals surface area contributed by atoms with Gasteiger partial charge in [0.15, 0.2) is 5.79 Å². The second kappa shape index (κ2) is 18.7. The van der Waals surface area contributed by atoms with Gasteiger partial charge >= 0.3 is 0 Å². The van der Waals surface area contributed by atoms with Crippen molar-refractivity contribution in [3.8, 4) is 5.75 Å². The van der Waals surface area contributed by atoms with Crippen LogP contribution in [0, 0.1) is 17.8 Å². The molecule has 2 fully saturated rings. The molecule has 1 aliphatic carbocycles. The first-order chi connectivity index (χ1) is 26.1. The molecule has 0 spiro atoms. The first-order valence-corrected chi connectivity index (χ1v) is 22.8. The van der Waals surface area contributed by atoms with E-state index in [0.717, 1.165) is 37.0 Å². The molecule has 0 bridgehead atoms. The number of hydrogen-bond donors (Lipinski definition) is 1. The van der Waals surface area contributed by atoms with E-state index in [9.17, 15) is 5.11 Å². The van der Waals surface area contributed by atoms with E-state index in [4.69, 9.17) is 23.4 Å². The summed E-state index contributed by atoms with van der Waals surface area (Å²) >= 11 is 0. The largest absolute Gasteiger partial charge is 0.497 e. The third-order valence-corrected chi connectivity index (χ3v) is 17.4. The van der Waals surface area contributed by atoms with E-state index in [1.54, 1.807) is 7.11 Å². The standard InChI is InChI=1S/C48H70O6Si/c1-35(21-20-32-48(9,49)45-44(52-47(7,8)53-45)39-22-14-11-15-23-39)43(51-34-38-28-30-40(50-10)31-29-38)33-36(2)37(3)54-55(46(4,5)6,41-24-16-12-17-25-41)42-26-18-13-19-27-42/h12-13,16-20,24-32,35-37,39,43-45,49H,11,14-15,21-23,33-34H2,1-10H3/b32-20+/t35-,36-,37-,43+,44+,45-,48+/m0/s1. The van der Waals surface area contributed by atoms with Gasteiger partial charge < -0.3 is 28.5 Å². The van der Waals surface area contributed by atoms with Gasteiger partial charge in [-0.15, -0.1) is 0 Å². The average Bonchev–Trinajstić information content (AvgIpc) is 3.52. The molecular weight excluding hydrogens is 701 g/mol. The van der Waals surface area contributed by atoms with Crippen molar-refractivity contribution in [1.29, 1.82) is 0 Å². The summed E-state index contributed by atoms with van der Waals surface area (Å²) in [6.07, 6.45) is 11.0. The fourth-order valence-electron chi connectivity index (χ4n) is 8.85. The molecule has 0 radical (unpaired) electrons. The Morgan fingerprint density at radius 1 is 0.818 bits per heavy atom. The highest BCUT2D eigenvalue weighted by atomic mass is 28.4. The monoisotopic (exact) mass is 770 g/mol. The quantitative estimate of drug-likeness (QED) is 0.109. The Balaban J connectivity index is 1.35. The maximum atomic E-state index is 11.9. The van der Waals surface area contributed by atoms with Crippen LogP contribution >= 0.6 is 0 Å². The van der Waals surface area contributed by atoms with Gasteiger partial charge in [0.25, 0.3) is 8.32 Å². The predicted octanol–water partition coefficient (Wildman–Crippen LogP) is 10.0. The molecule has 0 aromatic heterocycles. The number of allylic oxidation sites excluding steroid dienone is 1. The van der Waals surface area contributed by atoms with Crippen LogP contribution in [0.1, 0.15) is 113 Å². The number of benzene rings is 3. The summed E-state index contributed by atoms with van der Waals surface area (Å²) in [6, 6.07) is 29.9. The van der Waals surface area contributed by atoms with Gasteiger partial charge in [-0.3, -0.25) is 0 Å². The number of hydrogen-bond acceptors (Lipinski definition) is 6. The van der Waals surface area contributed by atoms with Crippen molar-refractivity contribution in [1.82, 2.24) is 0 Å². The van der Waals surface area contributed by atoms with Crippen LogP contribution in [0.5, 0.6) is 5.75 Å². The maximum absolute atomic E-state index is 11.9. The molecule has 2 aliphatic rings. The minimum atomic E-state index is -2.73. The van der Waals surface area contributed by atoms with Crippen LogP contribution in [0.25, 0.3) is 0 Å². The van der Waals surface area contributed by atoms with Crippen LogP contribution in [0.3, 0.4) is 0 Å². The van der Waals surface area contributed by atoms with Gasteiger partial charge in [-0.1, -0.05) is 139 Å². The molecule has 6 nitrogen and oxygen atoms in total.